The van der Waals surface area contributed by atoms with Gasteiger partial charge in [0, 0.05) is 23.4 Å². The van der Waals surface area contributed by atoms with Crippen LogP contribution >= 0.6 is 23.2 Å². The van der Waals surface area contributed by atoms with E-state index in [1.807, 2.05) is 0 Å². The average molecular weight is 407 g/mol. The maximum absolute atomic E-state index is 12.3. The Labute approximate surface area is 164 Å². The Hall–Kier alpha value is -3.28. The molecule has 0 atom stereocenters. The molecule has 0 fully saturated rings. The normalized spacial score (nSPS) is 10.7. The summed E-state index contributed by atoms with van der Waals surface area (Å²) in [5, 5.41) is 25.8. The Kier molecular flexibility index (Phi) is 6.60. The number of carbonyl (C=O) groups is 1. The van der Waals surface area contributed by atoms with Gasteiger partial charge in [0.25, 0.3) is 11.6 Å². The van der Waals surface area contributed by atoms with Crippen molar-refractivity contribution in [2.45, 2.75) is 0 Å². The van der Waals surface area contributed by atoms with Crippen molar-refractivity contribution in [1.82, 2.24) is 0 Å². The molecular formula is C17H12Cl2N4O4. The Morgan fingerprint density at radius 1 is 1.26 bits per heavy atom. The number of rotatable bonds is 6. The summed E-state index contributed by atoms with van der Waals surface area (Å²) in [5.41, 5.74) is -0.0298. The van der Waals surface area contributed by atoms with Gasteiger partial charge in [0.15, 0.2) is 0 Å². The standard InChI is InChI=1S/C17H12Cl2N4O4/c1-27-16-5-2-11(18)6-15(16)22-17(24)10(8-20)9-21-14-7-12(23(25)26)3-4-13(14)19/h2-7,9,21H,1H3,(H,22,24)/b10-9-. The molecule has 2 N–H and O–H groups in total. The predicted molar refractivity (Wildman–Crippen MR) is 102 cm³/mol. The summed E-state index contributed by atoms with van der Waals surface area (Å²) in [4.78, 5) is 22.6. The first kappa shape index (κ1) is 20.0. The van der Waals surface area contributed by atoms with Crippen LogP contribution in [0, 0.1) is 21.4 Å². The van der Waals surface area contributed by atoms with Crippen molar-refractivity contribution in [3.63, 3.8) is 0 Å². The summed E-state index contributed by atoms with van der Waals surface area (Å²) >= 11 is 11.9. The van der Waals surface area contributed by atoms with Gasteiger partial charge in [-0.25, -0.2) is 0 Å². The van der Waals surface area contributed by atoms with E-state index in [0.29, 0.717) is 10.8 Å². The zero-order valence-corrected chi connectivity index (χ0v) is 15.3. The fourth-order valence-electron chi connectivity index (χ4n) is 2.00. The maximum Gasteiger partial charge on any atom is 0.271 e. The highest BCUT2D eigenvalue weighted by atomic mass is 35.5. The number of hydrogen-bond donors (Lipinski definition) is 2. The molecule has 0 aliphatic carbocycles. The summed E-state index contributed by atoms with van der Waals surface area (Å²) in [6.45, 7) is 0. The number of nitro benzene ring substituents is 1. The first-order valence-corrected chi connectivity index (χ1v) is 8.07. The quantitative estimate of drug-likeness (QED) is 0.318. The van der Waals surface area contributed by atoms with Crippen molar-refractivity contribution in [1.29, 1.82) is 5.26 Å². The van der Waals surface area contributed by atoms with Crippen molar-refractivity contribution in [3.05, 3.63) is 68.3 Å². The summed E-state index contributed by atoms with van der Waals surface area (Å²) in [6.07, 6.45) is 1.09. The number of amides is 1. The maximum atomic E-state index is 12.3. The molecule has 0 saturated carbocycles. The van der Waals surface area contributed by atoms with Gasteiger partial charge in [0.1, 0.15) is 17.4 Å². The number of non-ortho nitro benzene ring substituents is 1. The van der Waals surface area contributed by atoms with E-state index in [1.165, 1.54) is 31.4 Å². The molecule has 2 rings (SSSR count). The van der Waals surface area contributed by atoms with E-state index < -0.39 is 10.8 Å². The van der Waals surface area contributed by atoms with Gasteiger partial charge in [0.2, 0.25) is 0 Å². The van der Waals surface area contributed by atoms with Crippen LogP contribution in [0.3, 0.4) is 0 Å². The zero-order chi connectivity index (χ0) is 20.0. The summed E-state index contributed by atoms with van der Waals surface area (Å²) < 4.78 is 5.12. The van der Waals surface area contributed by atoms with E-state index in [4.69, 9.17) is 27.9 Å². The highest BCUT2D eigenvalue weighted by Crippen LogP contribution is 2.29. The molecule has 138 valence electrons. The summed E-state index contributed by atoms with van der Waals surface area (Å²) in [5.74, 6) is -0.369. The van der Waals surface area contributed by atoms with E-state index >= 15 is 0 Å². The number of halogens is 2. The van der Waals surface area contributed by atoms with Gasteiger partial charge >= 0.3 is 0 Å². The molecule has 2 aromatic carbocycles. The fourth-order valence-corrected chi connectivity index (χ4v) is 2.35. The fraction of sp³-hybridized carbons (Fsp3) is 0.0588. The van der Waals surface area contributed by atoms with Crippen molar-refractivity contribution in [2.24, 2.45) is 0 Å². The molecule has 0 aromatic heterocycles. The van der Waals surface area contributed by atoms with E-state index in [-0.39, 0.29) is 27.7 Å². The van der Waals surface area contributed by atoms with Crippen LogP contribution < -0.4 is 15.4 Å². The summed E-state index contributed by atoms with van der Waals surface area (Å²) in [6, 6.07) is 10.1. The smallest absolute Gasteiger partial charge is 0.271 e. The molecular weight excluding hydrogens is 395 g/mol. The van der Waals surface area contributed by atoms with Gasteiger partial charge in [-0.2, -0.15) is 5.26 Å². The molecule has 1 amide bonds. The number of nitrogens with one attached hydrogen (secondary N) is 2. The van der Waals surface area contributed by atoms with Crippen LogP contribution in [0.15, 0.2) is 48.2 Å². The molecule has 0 heterocycles. The Bertz CT molecular complexity index is 970. The number of hydrogen-bond acceptors (Lipinski definition) is 6. The van der Waals surface area contributed by atoms with Crippen molar-refractivity contribution in [3.8, 4) is 11.8 Å². The number of nitrogens with zero attached hydrogens (tertiary/aromatic N) is 2. The molecule has 0 aliphatic heterocycles. The zero-order valence-electron chi connectivity index (χ0n) is 13.8. The van der Waals surface area contributed by atoms with Gasteiger partial charge in [-0.05, 0) is 24.3 Å². The number of carbonyl (C=O) groups excluding carboxylic acids is 1. The molecule has 0 radical (unpaired) electrons. The number of ether oxygens (including phenoxy) is 1. The lowest BCUT2D eigenvalue weighted by Gasteiger charge is -2.10. The lowest BCUT2D eigenvalue weighted by molar-refractivity contribution is -0.384. The second kappa shape index (κ2) is 8.89. The number of nitriles is 1. The summed E-state index contributed by atoms with van der Waals surface area (Å²) in [7, 11) is 1.42. The number of benzene rings is 2. The Morgan fingerprint density at radius 2 is 2.00 bits per heavy atom. The van der Waals surface area contributed by atoms with Gasteiger partial charge < -0.3 is 15.4 Å². The second-order valence-electron chi connectivity index (χ2n) is 5.03. The van der Waals surface area contributed by atoms with Crippen LogP contribution in [0.5, 0.6) is 5.75 Å². The van der Waals surface area contributed by atoms with E-state index in [9.17, 15) is 20.2 Å². The lowest BCUT2D eigenvalue weighted by Crippen LogP contribution is -2.15. The van der Waals surface area contributed by atoms with Crippen molar-refractivity contribution >= 4 is 46.2 Å². The molecule has 0 bridgehead atoms. The Balaban J connectivity index is 2.23. The molecule has 8 nitrogen and oxygen atoms in total. The Morgan fingerprint density at radius 3 is 2.63 bits per heavy atom. The number of nitro groups is 1. The van der Waals surface area contributed by atoms with E-state index in [1.54, 1.807) is 18.2 Å². The minimum atomic E-state index is -0.730. The van der Waals surface area contributed by atoms with Crippen LogP contribution in [0.1, 0.15) is 0 Å². The molecule has 2 aromatic rings. The molecule has 27 heavy (non-hydrogen) atoms. The van der Waals surface area contributed by atoms with Gasteiger partial charge in [0.05, 0.1) is 28.4 Å². The highest BCUT2D eigenvalue weighted by molar-refractivity contribution is 6.33. The van der Waals surface area contributed by atoms with Crippen molar-refractivity contribution < 1.29 is 14.5 Å². The number of methoxy groups -OCH3 is 1. The molecule has 0 saturated heterocycles. The van der Waals surface area contributed by atoms with E-state index in [0.717, 1.165) is 6.20 Å². The monoisotopic (exact) mass is 406 g/mol. The molecule has 0 spiro atoms. The topological polar surface area (TPSA) is 117 Å². The molecule has 0 unspecified atom stereocenters. The highest BCUT2D eigenvalue weighted by Gasteiger charge is 2.14. The van der Waals surface area contributed by atoms with Crippen molar-refractivity contribution in [2.75, 3.05) is 17.7 Å². The van der Waals surface area contributed by atoms with Gasteiger partial charge in [-0.1, -0.05) is 23.2 Å². The van der Waals surface area contributed by atoms with Crippen LogP contribution in [0.2, 0.25) is 10.0 Å². The van der Waals surface area contributed by atoms with Crippen LogP contribution in [-0.2, 0) is 4.79 Å². The first-order chi connectivity index (χ1) is 12.8. The third-order valence-corrected chi connectivity index (χ3v) is 3.87. The SMILES string of the molecule is COc1ccc(Cl)cc1NC(=O)/C(C#N)=C\Nc1cc([N+](=O)[O-])ccc1Cl. The van der Waals surface area contributed by atoms with Crippen LogP contribution in [-0.4, -0.2) is 17.9 Å². The third kappa shape index (κ3) is 5.10. The third-order valence-electron chi connectivity index (χ3n) is 3.31. The molecule has 10 heteroatoms. The minimum Gasteiger partial charge on any atom is -0.495 e. The van der Waals surface area contributed by atoms with Crippen LogP contribution in [0.25, 0.3) is 0 Å². The van der Waals surface area contributed by atoms with Gasteiger partial charge in [-0.15, -0.1) is 0 Å². The van der Waals surface area contributed by atoms with Gasteiger partial charge in [-0.3, -0.25) is 14.9 Å². The first-order valence-electron chi connectivity index (χ1n) is 7.31. The minimum absolute atomic E-state index is 0.173. The average Bonchev–Trinajstić information content (AvgIpc) is 2.63. The van der Waals surface area contributed by atoms with Crippen LogP contribution in [0.4, 0.5) is 17.1 Å². The predicted octanol–water partition coefficient (Wildman–Crippen LogP) is 4.37. The lowest BCUT2D eigenvalue weighted by atomic mass is 10.2. The number of anilines is 2. The van der Waals surface area contributed by atoms with E-state index in [2.05, 4.69) is 10.6 Å². The molecule has 0 aliphatic rings. The second-order valence-corrected chi connectivity index (χ2v) is 5.88. The largest absolute Gasteiger partial charge is 0.495 e.